The second-order valence-electron chi connectivity index (χ2n) is 4.88. The van der Waals surface area contributed by atoms with Gasteiger partial charge in [-0.1, -0.05) is 18.2 Å². The van der Waals surface area contributed by atoms with E-state index < -0.39 is 5.97 Å². The lowest BCUT2D eigenvalue weighted by Gasteiger charge is -2.31. The fourth-order valence-corrected chi connectivity index (χ4v) is 2.17. The zero-order valence-corrected chi connectivity index (χ0v) is 11.7. The molecule has 2 rings (SSSR count). The summed E-state index contributed by atoms with van der Waals surface area (Å²) in [5.41, 5.74) is 0. The molecule has 0 saturated carbocycles. The number of amides is 1. The quantitative estimate of drug-likeness (QED) is 0.900. The second-order valence-corrected chi connectivity index (χ2v) is 4.88. The van der Waals surface area contributed by atoms with E-state index in [1.807, 2.05) is 18.2 Å². The molecule has 1 saturated heterocycles. The number of rotatable bonds is 5. The summed E-state index contributed by atoms with van der Waals surface area (Å²) < 4.78 is 10.8. The molecule has 1 aromatic carbocycles. The van der Waals surface area contributed by atoms with Crippen LogP contribution in [0.3, 0.4) is 0 Å². The van der Waals surface area contributed by atoms with Crippen LogP contribution in [0.1, 0.15) is 19.3 Å². The summed E-state index contributed by atoms with van der Waals surface area (Å²) in [5.74, 6) is -0.332. The van der Waals surface area contributed by atoms with Gasteiger partial charge in [-0.2, -0.15) is 0 Å². The first-order valence-corrected chi connectivity index (χ1v) is 7.00. The average Bonchev–Trinajstić information content (AvgIpc) is 2.48. The van der Waals surface area contributed by atoms with Gasteiger partial charge in [-0.3, -0.25) is 4.79 Å². The van der Waals surface area contributed by atoms with Crippen molar-refractivity contribution < 1.29 is 24.2 Å². The van der Waals surface area contributed by atoms with Gasteiger partial charge in [-0.15, -0.1) is 0 Å². The fourth-order valence-electron chi connectivity index (χ4n) is 2.17. The van der Waals surface area contributed by atoms with Gasteiger partial charge in [0.05, 0.1) is 19.1 Å². The molecule has 1 heterocycles. The zero-order chi connectivity index (χ0) is 15.1. The third kappa shape index (κ3) is 5.07. The summed E-state index contributed by atoms with van der Waals surface area (Å²) in [6.07, 6.45) is 1.07. The normalized spacial score (nSPS) is 15.7. The molecule has 0 bridgehead atoms. The number of benzene rings is 1. The fraction of sp³-hybridized carbons (Fsp3) is 0.467. The molecule has 1 aliphatic heterocycles. The molecule has 0 aromatic heterocycles. The lowest BCUT2D eigenvalue weighted by atomic mass is 10.1. The van der Waals surface area contributed by atoms with Crippen LogP contribution in [0, 0.1) is 0 Å². The molecule has 1 aromatic rings. The molecule has 114 valence electrons. The highest BCUT2D eigenvalue weighted by atomic mass is 16.6. The molecule has 0 unspecified atom stereocenters. The number of hydrogen-bond acceptors (Lipinski definition) is 4. The van der Waals surface area contributed by atoms with E-state index in [9.17, 15) is 9.59 Å². The Morgan fingerprint density at radius 1 is 1.19 bits per heavy atom. The molecule has 0 radical (unpaired) electrons. The van der Waals surface area contributed by atoms with Crippen molar-refractivity contribution >= 4 is 12.1 Å². The lowest BCUT2D eigenvalue weighted by molar-refractivity contribution is -0.138. The van der Waals surface area contributed by atoms with Crippen molar-refractivity contribution in [2.24, 2.45) is 0 Å². The molecule has 6 nitrogen and oxygen atoms in total. The number of likely N-dealkylation sites (tertiary alicyclic amines) is 1. The Morgan fingerprint density at radius 3 is 2.48 bits per heavy atom. The topological polar surface area (TPSA) is 76.1 Å². The van der Waals surface area contributed by atoms with Crippen molar-refractivity contribution in [3.63, 3.8) is 0 Å². The largest absolute Gasteiger partial charge is 0.481 e. The number of carbonyl (C=O) groups is 2. The van der Waals surface area contributed by atoms with Crippen molar-refractivity contribution in [1.82, 2.24) is 4.90 Å². The van der Waals surface area contributed by atoms with E-state index in [4.69, 9.17) is 14.6 Å². The van der Waals surface area contributed by atoms with Gasteiger partial charge in [0.15, 0.2) is 0 Å². The van der Waals surface area contributed by atoms with Crippen LogP contribution in [0.4, 0.5) is 4.79 Å². The molecule has 1 fully saturated rings. The van der Waals surface area contributed by atoms with E-state index in [0.717, 1.165) is 0 Å². The summed E-state index contributed by atoms with van der Waals surface area (Å²) in [7, 11) is 0. The molecule has 1 aliphatic rings. The molecule has 21 heavy (non-hydrogen) atoms. The smallest absolute Gasteiger partial charge is 0.415 e. The van der Waals surface area contributed by atoms with Gasteiger partial charge in [-0.05, 0) is 25.0 Å². The van der Waals surface area contributed by atoms with Crippen LogP contribution in [0.25, 0.3) is 0 Å². The maximum Gasteiger partial charge on any atom is 0.415 e. The molecule has 0 atom stereocenters. The summed E-state index contributed by atoms with van der Waals surface area (Å²) in [6.45, 7) is 1.33. The van der Waals surface area contributed by atoms with E-state index in [2.05, 4.69) is 0 Å². The van der Waals surface area contributed by atoms with Crippen molar-refractivity contribution in [2.75, 3.05) is 19.7 Å². The maximum atomic E-state index is 12.0. The van der Waals surface area contributed by atoms with E-state index >= 15 is 0 Å². The van der Waals surface area contributed by atoms with E-state index in [-0.39, 0.29) is 25.2 Å². The number of piperidine rings is 1. The van der Waals surface area contributed by atoms with Crippen molar-refractivity contribution in [3.05, 3.63) is 30.3 Å². The van der Waals surface area contributed by atoms with Crippen LogP contribution >= 0.6 is 0 Å². The van der Waals surface area contributed by atoms with Crippen LogP contribution in [0.2, 0.25) is 0 Å². The van der Waals surface area contributed by atoms with E-state index in [1.54, 1.807) is 17.0 Å². The highest BCUT2D eigenvalue weighted by Crippen LogP contribution is 2.16. The van der Waals surface area contributed by atoms with Crippen LogP contribution in [-0.2, 0) is 9.53 Å². The molecular formula is C15H19NO5. The second kappa shape index (κ2) is 7.64. The number of carboxylic acids is 1. The van der Waals surface area contributed by atoms with Crippen LogP contribution in [0.5, 0.6) is 5.75 Å². The van der Waals surface area contributed by atoms with Gasteiger partial charge in [-0.25, -0.2) is 4.79 Å². The van der Waals surface area contributed by atoms with Gasteiger partial charge < -0.3 is 19.5 Å². The molecule has 1 amide bonds. The summed E-state index contributed by atoms with van der Waals surface area (Å²) in [6, 6.07) is 8.95. The Hall–Kier alpha value is -2.08. The van der Waals surface area contributed by atoms with Crippen LogP contribution < -0.4 is 4.74 Å². The monoisotopic (exact) mass is 293 g/mol. The summed E-state index contributed by atoms with van der Waals surface area (Å²) in [5, 5.41) is 8.55. The average molecular weight is 293 g/mol. The number of ether oxygens (including phenoxy) is 2. The molecule has 0 spiro atoms. The van der Waals surface area contributed by atoms with E-state index in [0.29, 0.717) is 31.7 Å². The third-order valence-electron chi connectivity index (χ3n) is 3.32. The predicted molar refractivity (Wildman–Crippen MR) is 75.3 cm³/mol. The number of para-hydroxylation sites is 1. The van der Waals surface area contributed by atoms with Crippen LogP contribution in [0.15, 0.2) is 30.3 Å². The van der Waals surface area contributed by atoms with Gasteiger partial charge in [0, 0.05) is 13.1 Å². The molecule has 6 heteroatoms. The van der Waals surface area contributed by atoms with Crippen molar-refractivity contribution in [1.29, 1.82) is 0 Å². The van der Waals surface area contributed by atoms with Gasteiger partial charge in [0.1, 0.15) is 5.75 Å². The first-order chi connectivity index (χ1) is 10.1. The minimum atomic E-state index is -0.862. The Bertz CT molecular complexity index is 468. The first kappa shape index (κ1) is 15.3. The highest BCUT2D eigenvalue weighted by molar-refractivity contribution is 5.70. The number of hydrogen-bond donors (Lipinski definition) is 1. The Kier molecular flexibility index (Phi) is 5.57. The van der Waals surface area contributed by atoms with Crippen molar-refractivity contribution in [3.8, 4) is 5.75 Å². The van der Waals surface area contributed by atoms with Crippen LogP contribution in [-0.4, -0.2) is 47.9 Å². The minimum absolute atomic E-state index is 0.0102. The van der Waals surface area contributed by atoms with Gasteiger partial charge >= 0.3 is 12.1 Å². The molecule has 0 aliphatic carbocycles. The Labute approximate surface area is 123 Å². The predicted octanol–water partition coefficient (Wildman–Crippen LogP) is 2.14. The Morgan fingerprint density at radius 2 is 1.86 bits per heavy atom. The maximum absolute atomic E-state index is 12.0. The van der Waals surface area contributed by atoms with Gasteiger partial charge in [0.25, 0.3) is 0 Å². The third-order valence-corrected chi connectivity index (χ3v) is 3.32. The summed E-state index contributed by atoms with van der Waals surface area (Å²) in [4.78, 5) is 24.0. The number of nitrogens with zero attached hydrogens (tertiary/aromatic N) is 1. The number of carbonyl (C=O) groups excluding carboxylic acids is 1. The summed E-state index contributed by atoms with van der Waals surface area (Å²) >= 11 is 0. The molecular weight excluding hydrogens is 274 g/mol. The highest BCUT2D eigenvalue weighted by Gasteiger charge is 2.24. The number of carboxylic acid groups (broad SMARTS) is 1. The van der Waals surface area contributed by atoms with E-state index in [1.165, 1.54) is 0 Å². The Balaban J connectivity index is 1.71. The van der Waals surface area contributed by atoms with Crippen molar-refractivity contribution in [2.45, 2.75) is 25.4 Å². The zero-order valence-electron chi connectivity index (χ0n) is 11.7. The first-order valence-electron chi connectivity index (χ1n) is 7.00. The minimum Gasteiger partial charge on any atom is -0.481 e. The lowest BCUT2D eigenvalue weighted by Crippen LogP contribution is -2.42. The number of aliphatic carboxylic acids is 1. The standard InChI is InChI=1S/C15H19NO5/c17-14(18)8-11-20-12-6-9-16(10-7-12)15(19)21-13-4-2-1-3-5-13/h1-5,12H,6-11H2,(H,17,18). The van der Waals surface area contributed by atoms with Gasteiger partial charge in [0.2, 0.25) is 0 Å². The SMILES string of the molecule is O=C(O)CCOC1CCN(C(=O)Oc2ccccc2)CC1. The molecule has 1 N–H and O–H groups in total.